The molecule has 0 radical (unpaired) electrons. The number of rotatable bonds is 5. The Hall–Kier alpha value is -2.77. The van der Waals surface area contributed by atoms with Crippen LogP contribution in [0.5, 0.6) is 5.75 Å². The number of ketones is 1. The predicted octanol–water partition coefficient (Wildman–Crippen LogP) is 3.60. The first-order chi connectivity index (χ1) is 15.4. The highest BCUT2D eigenvalue weighted by molar-refractivity contribution is 6.35. The molecule has 2 amide bonds. The molecule has 1 aliphatic heterocycles. The fourth-order valence-corrected chi connectivity index (χ4v) is 6.13. The third-order valence-electron chi connectivity index (χ3n) is 7.03. The molecule has 3 fully saturated rings. The predicted molar refractivity (Wildman–Crippen MR) is 116 cm³/mol. The molecule has 1 saturated heterocycles. The van der Waals surface area contributed by atoms with E-state index in [0.29, 0.717) is 27.4 Å². The zero-order chi connectivity index (χ0) is 22.1. The van der Waals surface area contributed by atoms with Crippen LogP contribution in [0.4, 0.5) is 5.95 Å². The van der Waals surface area contributed by atoms with E-state index in [4.69, 9.17) is 27.9 Å². The second kappa shape index (κ2) is 7.12. The molecule has 162 valence electrons. The zero-order valence-corrected chi connectivity index (χ0v) is 18.2. The van der Waals surface area contributed by atoms with Crippen molar-refractivity contribution in [2.75, 3.05) is 11.5 Å². The number of imide groups is 1. The van der Waals surface area contributed by atoms with Crippen molar-refractivity contribution in [2.45, 2.75) is 6.42 Å². The van der Waals surface area contributed by atoms with Gasteiger partial charge in [0.05, 0.1) is 24.2 Å². The molecule has 2 aromatic rings. The molecular weight excluding hydrogens is 453 g/mol. The SMILES string of the molecule is O=C(COc1cnc(N2C(=O)[C@@H]3[C@H](C2=O)C2C=C[C@H]3C3C[C@@H]23)nc1)c1cc(Cl)cc(Cl)c1. The largest absolute Gasteiger partial charge is 0.482 e. The lowest BCUT2D eigenvalue weighted by Crippen LogP contribution is -2.40. The van der Waals surface area contributed by atoms with Crippen molar-refractivity contribution >= 4 is 46.7 Å². The maximum atomic E-state index is 13.1. The van der Waals surface area contributed by atoms with E-state index in [1.165, 1.54) is 30.6 Å². The summed E-state index contributed by atoms with van der Waals surface area (Å²) in [7, 11) is 0. The van der Waals surface area contributed by atoms with Gasteiger partial charge >= 0.3 is 0 Å². The highest BCUT2D eigenvalue weighted by Gasteiger charge is 2.67. The van der Waals surface area contributed by atoms with Crippen LogP contribution < -0.4 is 9.64 Å². The topological polar surface area (TPSA) is 89.5 Å². The second-order valence-corrected chi connectivity index (χ2v) is 9.63. The summed E-state index contributed by atoms with van der Waals surface area (Å²) in [5, 5.41) is 0.713. The van der Waals surface area contributed by atoms with Crippen molar-refractivity contribution in [3.05, 3.63) is 58.4 Å². The van der Waals surface area contributed by atoms with E-state index in [-0.39, 0.29) is 59.6 Å². The summed E-state index contributed by atoms with van der Waals surface area (Å²) < 4.78 is 5.47. The minimum Gasteiger partial charge on any atom is -0.482 e. The molecule has 2 saturated carbocycles. The summed E-state index contributed by atoms with van der Waals surface area (Å²) in [4.78, 5) is 48.0. The number of hydrogen-bond donors (Lipinski definition) is 0. The van der Waals surface area contributed by atoms with E-state index >= 15 is 0 Å². The van der Waals surface area contributed by atoms with Crippen LogP contribution in [0.15, 0.2) is 42.7 Å². The smallest absolute Gasteiger partial charge is 0.240 e. The van der Waals surface area contributed by atoms with Gasteiger partial charge in [-0.05, 0) is 48.3 Å². The van der Waals surface area contributed by atoms with Crippen LogP contribution in [0.1, 0.15) is 16.8 Å². The van der Waals surface area contributed by atoms with Gasteiger partial charge in [0.15, 0.2) is 18.1 Å². The number of hydrogen-bond acceptors (Lipinski definition) is 6. The van der Waals surface area contributed by atoms with E-state index in [2.05, 4.69) is 22.1 Å². The molecule has 9 heteroatoms. The van der Waals surface area contributed by atoms with Gasteiger partial charge in [-0.3, -0.25) is 14.4 Å². The molecule has 0 N–H and O–H groups in total. The van der Waals surface area contributed by atoms with Crippen LogP contribution in [0, 0.1) is 35.5 Å². The number of Topliss-reactive ketones (excluding diaryl/α,β-unsaturated/α-hetero) is 1. The number of nitrogens with zero attached hydrogens (tertiary/aromatic N) is 3. The van der Waals surface area contributed by atoms with Crippen molar-refractivity contribution in [3.63, 3.8) is 0 Å². The maximum absolute atomic E-state index is 13.1. The van der Waals surface area contributed by atoms with Crippen molar-refractivity contribution in [1.82, 2.24) is 9.97 Å². The molecule has 32 heavy (non-hydrogen) atoms. The number of allylic oxidation sites excluding steroid dienone is 2. The van der Waals surface area contributed by atoms with Crippen LogP contribution >= 0.6 is 23.2 Å². The summed E-state index contributed by atoms with van der Waals surface area (Å²) in [6.07, 6.45) is 8.06. The number of carbonyl (C=O) groups excluding carboxylic acids is 3. The number of ether oxygens (including phenoxy) is 1. The fraction of sp³-hybridized carbons (Fsp3) is 0.348. The highest BCUT2D eigenvalue weighted by atomic mass is 35.5. The van der Waals surface area contributed by atoms with Gasteiger partial charge in [0.1, 0.15) is 0 Å². The summed E-state index contributed by atoms with van der Waals surface area (Å²) >= 11 is 11.9. The lowest BCUT2D eigenvalue weighted by atomic mass is 9.63. The average molecular weight is 470 g/mol. The van der Waals surface area contributed by atoms with Gasteiger partial charge < -0.3 is 4.74 Å². The van der Waals surface area contributed by atoms with Gasteiger partial charge in [-0.2, -0.15) is 0 Å². The van der Waals surface area contributed by atoms with E-state index in [1.54, 1.807) is 0 Å². The second-order valence-electron chi connectivity index (χ2n) is 8.76. The highest BCUT2D eigenvalue weighted by Crippen LogP contribution is 2.65. The lowest BCUT2D eigenvalue weighted by molar-refractivity contribution is -0.124. The zero-order valence-electron chi connectivity index (χ0n) is 16.7. The monoisotopic (exact) mass is 469 g/mol. The minimum atomic E-state index is -0.311. The fourth-order valence-electron chi connectivity index (χ4n) is 5.60. The van der Waals surface area contributed by atoms with E-state index in [1.807, 2.05) is 0 Å². The third-order valence-corrected chi connectivity index (χ3v) is 7.47. The number of amides is 2. The van der Waals surface area contributed by atoms with Crippen molar-refractivity contribution < 1.29 is 19.1 Å². The Kier molecular flexibility index (Phi) is 4.42. The summed E-state index contributed by atoms with van der Waals surface area (Å²) in [6.45, 7) is -0.261. The van der Waals surface area contributed by atoms with Gasteiger partial charge in [-0.25, -0.2) is 14.9 Å². The molecule has 0 spiro atoms. The molecule has 6 atom stereocenters. The van der Waals surface area contributed by atoms with Crippen molar-refractivity contribution in [2.24, 2.45) is 35.5 Å². The molecular formula is C23H17Cl2N3O4. The average Bonchev–Trinajstić information content (AvgIpc) is 3.55. The molecule has 4 aliphatic carbocycles. The van der Waals surface area contributed by atoms with Gasteiger partial charge in [0.25, 0.3) is 0 Å². The number of anilines is 1. The molecule has 7 rings (SSSR count). The summed E-state index contributed by atoms with van der Waals surface area (Å²) in [6, 6.07) is 4.55. The van der Waals surface area contributed by atoms with Gasteiger partial charge in [0, 0.05) is 15.6 Å². The van der Waals surface area contributed by atoms with E-state index in [9.17, 15) is 14.4 Å². The van der Waals surface area contributed by atoms with Crippen LogP contribution in [-0.4, -0.2) is 34.2 Å². The molecule has 5 aliphatic rings. The summed E-state index contributed by atoms with van der Waals surface area (Å²) in [5.74, 6) is 0.295. The Balaban J connectivity index is 1.16. The molecule has 1 aromatic heterocycles. The Morgan fingerprint density at radius 3 is 2.09 bits per heavy atom. The summed E-state index contributed by atoms with van der Waals surface area (Å²) in [5.41, 5.74) is 0.331. The van der Waals surface area contributed by atoms with Gasteiger partial charge in [-0.1, -0.05) is 35.4 Å². The number of benzene rings is 1. The van der Waals surface area contributed by atoms with Gasteiger partial charge in [-0.15, -0.1) is 0 Å². The van der Waals surface area contributed by atoms with E-state index in [0.717, 1.165) is 11.3 Å². The van der Waals surface area contributed by atoms with Gasteiger partial charge in [0.2, 0.25) is 17.8 Å². The first-order valence-electron chi connectivity index (χ1n) is 10.4. The van der Waals surface area contributed by atoms with Crippen LogP contribution in [-0.2, 0) is 9.59 Å². The quantitative estimate of drug-likeness (QED) is 0.377. The Labute approximate surface area is 193 Å². The first kappa shape index (κ1) is 19.9. The molecule has 1 aromatic carbocycles. The van der Waals surface area contributed by atoms with Crippen LogP contribution in [0.2, 0.25) is 10.0 Å². The number of carbonyl (C=O) groups is 3. The van der Waals surface area contributed by atoms with Crippen LogP contribution in [0.25, 0.3) is 0 Å². The normalized spacial score (nSPS) is 31.5. The molecule has 7 nitrogen and oxygen atoms in total. The standard InChI is InChI=1S/C23H17Cl2N3O4/c24-11-3-10(4-12(25)5-11)18(29)9-32-13-7-26-23(27-8-13)28-21(30)19-14-1-2-15(17-6-16(14)17)20(19)22(28)31/h1-5,7-8,14-17,19-20H,6,9H2/t14-,15?,16?,17-,19-,20+/m0/s1. The Bertz CT molecular complexity index is 1140. The third kappa shape index (κ3) is 2.98. The first-order valence-corrected chi connectivity index (χ1v) is 11.2. The maximum Gasteiger partial charge on any atom is 0.240 e. The molecule has 2 heterocycles. The van der Waals surface area contributed by atoms with Crippen molar-refractivity contribution in [1.29, 1.82) is 0 Å². The number of halogens is 2. The Morgan fingerprint density at radius 2 is 1.53 bits per heavy atom. The van der Waals surface area contributed by atoms with Crippen LogP contribution in [0.3, 0.4) is 0 Å². The molecule has 2 unspecified atom stereocenters. The molecule has 2 bridgehead atoms. The van der Waals surface area contributed by atoms with Crippen molar-refractivity contribution in [3.8, 4) is 5.75 Å². The van der Waals surface area contributed by atoms with E-state index < -0.39 is 0 Å². The minimum absolute atomic E-state index is 0.0442. The lowest BCUT2D eigenvalue weighted by Gasteiger charge is -2.37. The Morgan fingerprint density at radius 1 is 0.969 bits per heavy atom. The number of aromatic nitrogens is 2.